The lowest BCUT2D eigenvalue weighted by Gasteiger charge is -2.17. The van der Waals surface area contributed by atoms with Crippen molar-refractivity contribution in [3.8, 4) is 0 Å². The minimum atomic E-state index is -4.54. The lowest BCUT2D eigenvalue weighted by molar-refractivity contribution is 0.548. The number of rotatable bonds is 1. The topological polar surface area (TPSA) is 34.1 Å². The molecule has 1 aromatic rings. The van der Waals surface area contributed by atoms with Crippen LogP contribution in [0.5, 0.6) is 0 Å². The van der Waals surface area contributed by atoms with Crippen LogP contribution >= 0.6 is 0 Å². The van der Waals surface area contributed by atoms with E-state index in [1.54, 1.807) is 6.07 Å². The van der Waals surface area contributed by atoms with Gasteiger partial charge in [0, 0.05) is 0 Å². The average molecular weight is 214 g/mol. The van der Waals surface area contributed by atoms with E-state index in [9.17, 15) is 12.3 Å². The summed E-state index contributed by atoms with van der Waals surface area (Å²) in [5.41, 5.74) is 1.66. The molecule has 0 aromatic heterocycles. The van der Waals surface area contributed by atoms with E-state index in [-0.39, 0.29) is 4.90 Å². The van der Waals surface area contributed by atoms with Gasteiger partial charge in [0.05, 0.1) is 0 Å². The summed E-state index contributed by atoms with van der Waals surface area (Å²) in [5.74, 6) is 0. The third-order valence-corrected chi connectivity index (χ3v) is 3.52. The molecular weight excluding hydrogens is 203 g/mol. The van der Waals surface area contributed by atoms with Crippen LogP contribution in [0.4, 0.5) is 3.89 Å². The first-order valence-electron chi connectivity index (χ1n) is 4.64. The van der Waals surface area contributed by atoms with Gasteiger partial charge >= 0.3 is 10.2 Å². The highest BCUT2D eigenvalue weighted by Gasteiger charge is 2.21. The molecule has 2 nitrogen and oxygen atoms in total. The van der Waals surface area contributed by atoms with Crippen LogP contribution in [0.1, 0.15) is 24.0 Å². The quantitative estimate of drug-likeness (QED) is 0.672. The van der Waals surface area contributed by atoms with Crippen molar-refractivity contribution in [1.29, 1.82) is 0 Å². The van der Waals surface area contributed by atoms with Gasteiger partial charge in [0.2, 0.25) is 0 Å². The third kappa shape index (κ3) is 1.66. The van der Waals surface area contributed by atoms with Gasteiger partial charge in [-0.15, -0.1) is 3.89 Å². The summed E-state index contributed by atoms with van der Waals surface area (Å²) in [5, 5.41) is 0. The lowest BCUT2D eigenvalue weighted by atomic mass is 9.92. The Kier molecular flexibility index (Phi) is 2.31. The van der Waals surface area contributed by atoms with E-state index in [1.165, 1.54) is 6.07 Å². The fourth-order valence-electron chi connectivity index (χ4n) is 1.97. The van der Waals surface area contributed by atoms with Gasteiger partial charge in [-0.2, -0.15) is 8.42 Å². The molecule has 0 atom stereocenters. The van der Waals surface area contributed by atoms with Crippen LogP contribution in [0.3, 0.4) is 0 Å². The van der Waals surface area contributed by atoms with E-state index in [4.69, 9.17) is 0 Å². The van der Waals surface area contributed by atoms with Gasteiger partial charge in [-0.05, 0) is 42.9 Å². The minimum Gasteiger partial charge on any atom is -0.189 e. The molecule has 4 heteroatoms. The highest BCUT2D eigenvalue weighted by Crippen LogP contribution is 2.28. The predicted molar refractivity (Wildman–Crippen MR) is 51.4 cm³/mol. The second-order valence-electron chi connectivity index (χ2n) is 3.54. The summed E-state index contributed by atoms with van der Waals surface area (Å²) in [6.07, 6.45) is 3.54. The minimum absolute atomic E-state index is 0.130. The molecule has 0 N–H and O–H groups in total. The largest absolute Gasteiger partial charge is 0.332 e. The molecule has 1 aliphatic carbocycles. The first-order valence-corrected chi connectivity index (χ1v) is 6.03. The van der Waals surface area contributed by atoms with Crippen LogP contribution in [0.25, 0.3) is 0 Å². The number of fused-ring (bicyclic) bond motifs is 1. The zero-order valence-electron chi connectivity index (χ0n) is 7.66. The summed E-state index contributed by atoms with van der Waals surface area (Å²) in [6, 6.07) is 4.83. The summed E-state index contributed by atoms with van der Waals surface area (Å²) in [7, 11) is -4.54. The maximum atomic E-state index is 12.9. The molecule has 0 amide bonds. The van der Waals surface area contributed by atoms with Crippen LogP contribution in [-0.2, 0) is 23.1 Å². The molecule has 1 aromatic carbocycles. The third-order valence-electron chi connectivity index (χ3n) is 2.62. The molecule has 0 saturated carbocycles. The lowest BCUT2D eigenvalue weighted by Crippen LogP contribution is -2.07. The number of halogens is 1. The Hall–Kier alpha value is -0.900. The van der Waals surface area contributed by atoms with Crippen molar-refractivity contribution in [1.82, 2.24) is 0 Å². The molecule has 0 spiro atoms. The maximum Gasteiger partial charge on any atom is 0.332 e. The fraction of sp³-hybridized carbons (Fsp3) is 0.400. The Morgan fingerprint density at radius 3 is 2.57 bits per heavy atom. The molecule has 1 aliphatic rings. The van der Waals surface area contributed by atoms with Crippen molar-refractivity contribution in [2.45, 2.75) is 30.6 Å². The zero-order valence-corrected chi connectivity index (χ0v) is 8.48. The molecule has 0 bridgehead atoms. The van der Waals surface area contributed by atoms with E-state index in [1.807, 2.05) is 6.07 Å². The molecular formula is C10H11FO2S. The molecule has 0 radical (unpaired) electrons. The summed E-state index contributed by atoms with van der Waals surface area (Å²) < 4.78 is 34.6. The smallest absolute Gasteiger partial charge is 0.189 e. The molecule has 76 valence electrons. The van der Waals surface area contributed by atoms with E-state index in [0.29, 0.717) is 12.0 Å². The number of benzene rings is 1. The van der Waals surface area contributed by atoms with E-state index in [2.05, 4.69) is 0 Å². The number of aryl methyl sites for hydroxylation is 1. The van der Waals surface area contributed by atoms with Gasteiger partial charge in [0.1, 0.15) is 4.90 Å². The van der Waals surface area contributed by atoms with E-state index < -0.39 is 10.2 Å². The summed E-state index contributed by atoms with van der Waals surface area (Å²) in [6.45, 7) is 0. The molecule has 14 heavy (non-hydrogen) atoms. The van der Waals surface area contributed by atoms with Gasteiger partial charge in [0.15, 0.2) is 0 Å². The van der Waals surface area contributed by atoms with Crippen molar-refractivity contribution in [2.75, 3.05) is 0 Å². The normalized spacial score (nSPS) is 16.4. The number of hydrogen-bond donors (Lipinski definition) is 0. The van der Waals surface area contributed by atoms with Crippen molar-refractivity contribution in [3.05, 3.63) is 29.3 Å². The Morgan fingerprint density at radius 1 is 1.14 bits per heavy atom. The molecule has 0 unspecified atom stereocenters. The molecule has 0 fully saturated rings. The fourth-order valence-corrected chi connectivity index (χ4v) is 2.74. The van der Waals surface area contributed by atoms with Crippen molar-refractivity contribution < 1.29 is 12.3 Å². The predicted octanol–water partition coefficient (Wildman–Crippen LogP) is 2.22. The molecule has 0 heterocycles. The SMILES string of the molecule is O=S(=O)(F)c1cccc2c1CCCC2. The Balaban J connectivity index is 2.62. The zero-order chi connectivity index (χ0) is 10.2. The van der Waals surface area contributed by atoms with Gasteiger partial charge in [-0.25, -0.2) is 0 Å². The second kappa shape index (κ2) is 3.35. The monoisotopic (exact) mass is 214 g/mol. The van der Waals surface area contributed by atoms with E-state index >= 15 is 0 Å². The Bertz CT molecular complexity index is 451. The standard InChI is InChI=1S/C10H11FO2S/c11-14(12,13)10-7-3-5-8-4-1-2-6-9(8)10/h3,5,7H,1-2,4,6H2. The van der Waals surface area contributed by atoms with Crippen molar-refractivity contribution in [2.24, 2.45) is 0 Å². The van der Waals surface area contributed by atoms with Gasteiger partial charge in [0.25, 0.3) is 0 Å². The van der Waals surface area contributed by atoms with Gasteiger partial charge in [-0.1, -0.05) is 12.1 Å². The van der Waals surface area contributed by atoms with E-state index in [0.717, 1.165) is 24.8 Å². The van der Waals surface area contributed by atoms with Crippen LogP contribution < -0.4 is 0 Å². The first-order chi connectivity index (χ1) is 6.59. The molecule has 2 rings (SSSR count). The summed E-state index contributed by atoms with van der Waals surface area (Å²) in [4.78, 5) is -0.130. The average Bonchev–Trinajstić information content (AvgIpc) is 2.15. The highest BCUT2D eigenvalue weighted by molar-refractivity contribution is 7.86. The van der Waals surface area contributed by atoms with Crippen LogP contribution in [0, 0.1) is 0 Å². The van der Waals surface area contributed by atoms with Crippen molar-refractivity contribution in [3.63, 3.8) is 0 Å². The van der Waals surface area contributed by atoms with Gasteiger partial charge in [-0.3, -0.25) is 0 Å². The second-order valence-corrected chi connectivity index (χ2v) is 4.85. The molecule has 0 saturated heterocycles. The summed E-state index contributed by atoms with van der Waals surface area (Å²) >= 11 is 0. The van der Waals surface area contributed by atoms with Gasteiger partial charge < -0.3 is 0 Å². The Morgan fingerprint density at radius 2 is 1.86 bits per heavy atom. The maximum absolute atomic E-state index is 12.9. The first kappa shape index (κ1) is 9.65. The van der Waals surface area contributed by atoms with Crippen molar-refractivity contribution >= 4 is 10.2 Å². The van der Waals surface area contributed by atoms with Crippen LogP contribution in [0.15, 0.2) is 23.1 Å². The van der Waals surface area contributed by atoms with Crippen LogP contribution in [0.2, 0.25) is 0 Å². The Labute approximate surface area is 83.0 Å². The highest BCUT2D eigenvalue weighted by atomic mass is 32.3. The van der Waals surface area contributed by atoms with Crippen LogP contribution in [-0.4, -0.2) is 8.42 Å². The number of hydrogen-bond acceptors (Lipinski definition) is 2. The molecule has 0 aliphatic heterocycles.